The first-order valence-corrected chi connectivity index (χ1v) is 5.41. The maximum Gasteiger partial charge on any atom is 0.231 e. The second-order valence-electron chi connectivity index (χ2n) is 3.49. The molecule has 1 aliphatic heterocycles. The van der Waals surface area contributed by atoms with Crippen LogP contribution in [0.15, 0.2) is 16.6 Å². The molecule has 4 nitrogen and oxygen atoms in total. The predicted molar refractivity (Wildman–Crippen MR) is 66.1 cm³/mol. The Balaban J connectivity index is 0.00000128. The summed E-state index contributed by atoms with van der Waals surface area (Å²) in [6.45, 7) is 1.89. The zero-order valence-electron chi connectivity index (χ0n) is 8.64. The highest BCUT2D eigenvalue weighted by atomic mass is 79.9. The van der Waals surface area contributed by atoms with Crippen LogP contribution in [0.1, 0.15) is 18.5 Å². The van der Waals surface area contributed by atoms with Gasteiger partial charge < -0.3 is 20.3 Å². The summed E-state index contributed by atoms with van der Waals surface area (Å²) in [5, 5.41) is 9.43. The number of hydrogen-bond acceptors (Lipinski definition) is 4. The number of nitrogens with two attached hydrogens (primary N) is 1. The topological polar surface area (TPSA) is 64.7 Å². The molecule has 1 aromatic rings. The minimum atomic E-state index is -0.610. The minimum Gasteiger partial charge on any atom is -0.454 e. The van der Waals surface area contributed by atoms with Gasteiger partial charge in [0.1, 0.15) is 0 Å². The van der Waals surface area contributed by atoms with Gasteiger partial charge in [0.2, 0.25) is 6.79 Å². The lowest BCUT2D eigenvalue weighted by atomic mass is 10.0. The average Bonchev–Trinajstić information content (AvgIpc) is 2.62. The molecular weight excluding hydrogens is 297 g/mol. The number of aliphatic hydroxyl groups is 1. The lowest BCUT2D eigenvalue weighted by molar-refractivity contribution is 0.163. The standard InChI is InChI=1S/C10H12BrNO3.ClH/c1-5(13)10(12)6-2-8-9(3-7(6)11)15-4-14-8;/h2-3,5,10,13H,4,12H2,1H3;1H/t5-,10-;/m0./s1. The van der Waals surface area contributed by atoms with Gasteiger partial charge in [-0.25, -0.2) is 0 Å². The first-order chi connectivity index (χ1) is 7.09. The van der Waals surface area contributed by atoms with Gasteiger partial charge in [-0.1, -0.05) is 15.9 Å². The zero-order chi connectivity index (χ0) is 11.0. The summed E-state index contributed by atoms with van der Waals surface area (Å²) in [6, 6.07) is 3.16. The van der Waals surface area contributed by atoms with Gasteiger partial charge in [-0.15, -0.1) is 12.4 Å². The van der Waals surface area contributed by atoms with E-state index < -0.39 is 12.1 Å². The Morgan fingerprint density at radius 2 is 1.94 bits per heavy atom. The Bertz CT molecular complexity index is 387. The molecule has 0 unspecified atom stereocenters. The van der Waals surface area contributed by atoms with Crippen molar-refractivity contribution in [2.24, 2.45) is 5.73 Å². The van der Waals surface area contributed by atoms with Gasteiger partial charge >= 0.3 is 0 Å². The number of hydrogen-bond donors (Lipinski definition) is 2. The molecule has 6 heteroatoms. The molecule has 90 valence electrons. The van der Waals surface area contributed by atoms with Crippen LogP contribution >= 0.6 is 28.3 Å². The first-order valence-electron chi connectivity index (χ1n) is 4.62. The van der Waals surface area contributed by atoms with E-state index in [1.807, 2.05) is 0 Å². The third kappa shape index (κ3) is 2.43. The van der Waals surface area contributed by atoms with Gasteiger partial charge in [0.25, 0.3) is 0 Å². The quantitative estimate of drug-likeness (QED) is 0.877. The van der Waals surface area contributed by atoms with Crippen LogP contribution < -0.4 is 15.2 Å². The molecular formula is C10H13BrClNO3. The molecule has 0 amide bonds. The van der Waals surface area contributed by atoms with Crippen LogP contribution in [0.2, 0.25) is 0 Å². The molecule has 0 spiro atoms. The van der Waals surface area contributed by atoms with Gasteiger partial charge in [-0.3, -0.25) is 0 Å². The average molecular weight is 311 g/mol. The zero-order valence-corrected chi connectivity index (χ0v) is 11.0. The Kier molecular flexibility index (Phi) is 4.43. The Morgan fingerprint density at radius 1 is 1.38 bits per heavy atom. The summed E-state index contributed by atoms with van der Waals surface area (Å²) >= 11 is 3.39. The highest BCUT2D eigenvalue weighted by molar-refractivity contribution is 9.10. The first kappa shape index (κ1) is 13.6. The largest absolute Gasteiger partial charge is 0.454 e. The van der Waals surface area contributed by atoms with Crippen molar-refractivity contribution in [3.05, 3.63) is 22.2 Å². The molecule has 0 bridgehead atoms. The molecule has 0 saturated carbocycles. The lowest BCUT2D eigenvalue weighted by Gasteiger charge is -2.17. The van der Waals surface area contributed by atoms with E-state index in [-0.39, 0.29) is 19.2 Å². The van der Waals surface area contributed by atoms with Crippen molar-refractivity contribution in [3.8, 4) is 11.5 Å². The highest BCUT2D eigenvalue weighted by Crippen LogP contribution is 2.39. The second kappa shape index (κ2) is 5.23. The minimum absolute atomic E-state index is 0. The van der Waals surface area contributed by atoms with Crippen LogP contribution in [0.5, 0.6) is 11.5 Å². The van der Waals surface area contributed by atoms with Crippen molar-refractivity contribution in [1.82, 2.24) is 0 Å². The summed E-state index contributed by atoms with van der Waals surface area (Å²) in [5.41, 5.74) is 6.67. The maximum absolute atomic E-state index is 9.43. The van der Waals surface area contributed by atoms with Gasteiger partial charge in [0.05, 0.1) is 12.1 Å². The van der Waals surface area contributed by atoms with E-state index in [2.05, 4.69) is 15.9 Å². The van der Waals surface area contributed by atoms with Crippen molar-refractivity contribution in [3.63, 3.8) is 0 Å². The van der Waals surface area contributed by atoms with E-state index in [0.717, 1.165) is 10.0 Å². The molecule has 1 heterocycles. The van der Waals surface area contributed by atoms with Crippen molar-refractivity contribution < 1.29 is 14.6 Å². The van der Waals surface area contributed by atoms with Crippen LogP contribution in [0.4, 0.5) is 0 Å². The van der Waals surface area contributed by atoms with Gasteiger partial charge in [0.15, 0.2) is 11.5 Å². The number of fused-ring (bicyclic) bond motifs is 1. The fraction of sp³-hybridized carbons (Fsp3) is 0.400. The van der Waals surface area contributed by atoms with Crippen LogP contribution in [-0.4, -0.2) is 18.0 Å². The van der Waals surface area contributed by atoms with Crippen molar-refractivity contribution in [2.45, 2.75) is 19.1 Å². The number of ether oxygens (including phenoxy) is 2. The van der Waals surface area contributed by atoms with Crippen LogP contribution in [0.25, 0.3) is 0 Å². The van der Waals surface area contributed by atoms with Crippen molar-refractivity contribution in [1.29, 1.82) is 0 Å². The maximum atomic E-state index is 9.43. The molecule has 0 aromatic heterocycles. The van der Waals surface area contributed by atoms with Gasteiger partial charge in [-0.05, 0) is 24.6 Å². The second-order valence-corrected chi connectivity index (χ2v) is 4.35. The fourth-order valence-corrected chi connectivity index (χ4v) is 2.03. The van der Waals surface area contributed by atoms with Gasteiger partial charge in [0, 0.05) is 4.47 Å². The molecule has 2 atom stereocenters. The molecule has 16 heavy (non-hydrogen) atoms. The van der Waals surface area contributed by atoms with E-state index in [9.17, 15) is 5.11 Å². The number of rotatable bonds is 2. The molecule has 0 saturated heterocycles. The molecule has 0 fully saturated rings. The van der Waals surface area contributed by atoms with E-state index in [4.69, 9.17) is 15.2 Å². The molecule has 1 aliphatic rings. The number of halogens is 2. The number of aliphatic hydroxyl groups excluding tert-OH is 1. The summed E-state index contributed by atoms with van der Waals surface area (Å²) in [7, 11) is 0. The summed E-state index contributed by atoms with van der Waals surface area (Å²) in [4.78, 5) is 0. The van der Waals surface area contributed by atoms with Crippen molar-refractivity contribution >= 4 is 28.3 Å². The molecule has 3 N–H and O–H groups in total. The normalized spacial score (nSPS) is 16.5. The Morgan fingerprint density at radius 3 is 2.50 bits per heavy atom. The summed E-state index contributed by atoms with van der Waals surface area (Å²) in [6.07, 6.45) is -0.610. The third-order valence-electron chi connectivity index (χ3n) is 2.37. The summed E-state index contributed by atoms with van der Waals surface area (Å²) < 4.78 is 11.3. The molecule has 0 radical (unpaired) electrons. The van der Waals surface area contributed by atoms with E-state index in [0.29, 0.717) is 11.5 Å². The highest BCUT2D eigenvalue weighted by Gasteiger charge is 2.21. The van der Waals surface area contributed by atoms with Crippen LogP contribution in [0, 0.1) is 0 Å². The third-order valence-corrected chi connectivity index (χ3v) is 3.06. The van der Waals surface area contributed by atoms with Crippen LogP contribution in [0.3, 0.4) is 0 Å². The fourth-order valence-electron chi connectivity index (χ4n) is 1.45. The lowest BCUT2D eigenvalue weighted by Crippen LogP contribution is -2.23. The van der Waals surface area contributed by atoms with E-state index in [1.165, 1.54) is 0 Å². The van der Waals surface area contributed by atoms with Gasteiger partial charge in [-0.2, -0.15) is 0 Å². The smallest absolute Gasteiger partial charge is 0.231 e. The number of benzene rings is 1. The Hall–Kier alpha value is -0.490. The monoisotopic (exact) mass is 309 g/mol. The SMILES string of the molecule is C[C@H](O)[C@H](N)c1cc2c(cc1Br)OCO2.Cl. The van der Waals surface area contributed by atoms with E-state index >= 15 is 0 Å². The Labute approximate surface area is 108 Å². The van der Waals surface area contributed by atoms with E-state index in [1.54, 1.807) is 19.1 Å². The molecule has 0 aliphatic carbocycles. The van der Waals surface area contributed by atoms with Crippen LogP contribution in [-0.2, 0) is 0 Å². The molecule has 1 aromatic carbocycles. The predicted octanol–water partition coefficient (Wildman–Crippen LogP) is 1.98. The summed E-state index contributed by atoms with van der Waals surface area (Å²) in [5.74, 6) is 1.37. The van der Waals surface area contributed by atoms with Crippen molar-refractivity contribution in [2.75, 3.05) is 6.79 Å². The molecule has 2 rings (SSSR count).